The van der Waals surface area contributed by atoms with E-state index < -0.39 is 0 Å². The van der Waals surface area contributed by atoms with Crippen molar-refractivity contribution in [2.24, 2.45) is 0 Å². The molecule has 0 saturated heterocycles. The average molecular weight is 499 g/mol. The fraction of sp³-hybridized carbons (Fsp3) is 0. The molecule has 0 radical (unpaired) electrons. The van der Waals surface area contributed by atoms with E-state index in [0.29, 0.717) is 0 Å². The lowest BCUT2D eigenvalue weighted by Gasteiger charge is -2.07. The molecule has 2 N–H and O–H groups in total. The zero-order valence-corrected chi connectivity index (χ0v) is 21.6. The highest BCUT2D eigenvalue weighted by Crippen LogP contribution is 2.36. The Hall–Kier alpha value is -5.09. The van der Waals surface area contributed by atoms with Gasteiger partial charge in [-0.25, -0.2) is 4.98 Å². The highest BCUT2D eigenvalue weighted by Gasteiger charge is 2.18. The maximum Gasteiger partial charge on any atom is 0.140 e. The van der Waals surface area contributed by atoms with Crippen LogP contribution in [0.3, 0.4) is 0 Å². The molecular formula is C35H26BN3. The van der Waals surface area contributed by atoms with Crippen LogP contribution in [0.5, 0.6) is 0 Å². The molecule has 184 valence electrons. The maximum absolute atomic E-state index is 5.19. The summed E-state index contributed by atoms with van der Waals surface area (Å²) in [5, 5.41) is 1.17. The molecule has 0 saturated carbocycles. The van der Waals surface area contributed by atoms with Crippen LogP contribution >= 0.6 is 0 Å². The molecular weight excluding hydrogens is 473 g/mol. The molecule has 3 nitrogen and oxygen atoms in total. The first-order valence-corrected chi connectivity index (χ1v) is 13.2. The van der Waals surface area contributed by atoms with Gasteiger partial charge in [0.15, 0.2) is 0 Å². The Morgan fingerprint density at radius 1 is 0.538 bits per heavy atom. The molecule has 5 aromatic carbocycles. The van der Waals surface area contributed by atoms with Crippen LogP contribution in [0.25, 0.3) is 67.1 Å². The second-order valence-corrected chi connectivity index (χ2v) is 9.95. The van der Waals surface area contributed by atoms with E-state index in [1.54, 1.807) is 0 Å². The van der Waals surface area contributed by atoms with Gasteiger partial charge in [-0.15, -0.1) is 0 Å². The molecule has 39 heavy (non-hydrogen) atoms. The van der Waals surface area contributed by atoms with Gasteiger partial charge in [-0.3, -0.25) is 0 Å². The van der Waals surface area contributed by atoms with Crippen LogP contribution in [0.15, 0.2) is 134 Å². The SMILES string of the molecule is Bc1ccc2[nH]cc(-c3nc(-c4ccc(-c5ccccc5)cc4)c(-c4ccc(-c5ccccc5)cc4)[nH]3)c2c1. The molecule has 0 amide bonds. The van der Waals surface area contributed by atoms with Gasteiger partial charge in [-0.1, -0.05) is 127 Å². The zero-order chi connectivity index (χ0) is 26.2. The number of aromatic nitrogens is 3. The minimum atomic E-state index is 0.858. The van der Waals surface area contributed by atoms with Crippen LogP contribution in [0, 0.1) is 0 Å². The monoisotopic (exact) mass is 499 g/mol. The van der Waals surface area contributed by atoms with Crippen molar-refractivity contribution in [3.05, 3.63) is 134 Å². The summed E-state index contributed by atoms with van der Waals surface area (Å²) >= 11 is 0. The van der Waals surface area contributed by atoms with Gasteiger partial charge in [0.1, 0.15) is 13.7 Å². The molecule has 2 aromatic heterocycles. The van der Waals surface area contributed by atoms with Crippen LogP contribution in [0.1, 0.15) is 0 Å². The fourth-order valence-electron chi connectivity index (χ4n) is 5.26. The van der Waals surface area contributed by atoms with Crippen LogP contribution in [0.2, 0.25) is 0 Å². The Bertz CT molecular complexity index is 1780. The summed E-state index contributed by atoms with van der Waals surface area (Å²) in [7, 11) is 2.12. The van der Waals surface area contributed by atoms with Crippen LogP contribution in [0.4, 0.5) is 0 Å². The number of imidazole rings is 1. The molecule has 0 spiro atoms. The molecule has 0 fully saturated rings. The third-order valence-corrected chi connectivity index (χ3v) is 7.34. The van der Waals surface area contributed by atoms with Crippen molar-refractivity contribution in [2.45, 2.75) is 0 Å². The summed E-state index contributed by atoms with van der Waals surface area (Å²) in [6, 6.07) is 44.8. The highest BCUT2D eigenvalue weighted by molar-refractivity contribution is 6.33. The summed E-state index contributed by atoms with van der Waals surface area (Å²) in [5.41, 5.74) is 12.3. The largest absolute Gasteiger partial charge is 0.360 e. The molecule has 2 heterocycles. The smallest absolute Gasteiger partial charge is 0.140 e. The van der Waals surface area contributed by atoms with Gasteiger partial charge in [0.05, 0.1) is 11.4 Å². The third kappa shape index (κ3) is 4.36. The van der Waals surface area contributed by atoms with E-state index in [-0.39, 0.29) is 0 Å². The lowest BCUT2D eigenvalue weighted by Crippen LogP contribution is -1.99. The first-order chi connectivity index (χ1) is 19.2. The molecule has 0 aliphatic carbocycles. The van der Waals surface area contributed by atoms with Gasteiger partial charge in [-0.2, -0.15) is 0 Å². The molecule has 0 unspecified atom stereocenters. The summed E-state index contributed by atoms with van der Waals surface area (Å²) in [4.78, 5) is 12.3. The first kappa shape index (κ1) is 23.1. The van der Waals surface area contributed by atoms with E-state index in [1.165, 1.54) is 33.1 Å². The Labute approximate surface area is 228 Å². The molecule has 0 aliphatic rings. The van der Waals surface area contributed by atoms with Gasteiger partial charge in [0.25, 0.3) is 0 Å². The van der Waals surface area contributed by atoms with Crippen LogP contribution in [-0.2, 0) is 0 Å². The van der Waals surface area contributed by atoms with Gasteiger partial charge in [0.2, 0.25) is 0 Å². The molecule has 7 aromatic rings. The Kier molecular flexibility index (Phi) is 5.71. The van der Waals surface area contributed by atoms with Crippen molar-refractivity contribution in [1.82, 2.24) is 15.0 Å². The molecule has 0 bridgehead atoms. The molecule has 4 heteroatoms. The summed E-state index contributed by atoms with van der Waals surface area (Å²) in [5.74, 6) is 0.858. The number of nitrogens with zero attached hydrogens (tertiary/aromatic N) is 1. The predicted octanol–water partition coefficient (Wildman–Crippen LogP) is 7.48. The van der Waals surface area contributed by atoms with E-state index in [0.717, 1.165) is 39.4 Å². The van der Waals surface area contributed by atoms with Crippen molar-refractivity contribution in [3.63, 3.8) is 0 Å². The lowest BCUT2D eigenvalue weighted by atomic mass is 9.94. The van der Waals surface area contributed by atoms with Crippen molar-refractivity contribution in [2.75, 3.05) is 0 Å². The number of rotatable bonds is 5. The van der Waals surface area contributed by atoms with E-state index in [4.69, 9.17) is 4.98 Å². The zero-order valence-electron chi connectivity index (χ0n) is 21.6. The standard InChI is InChI=1S/C35H26BN3/c36-29-19-20-32-30(21-29)31(22-37-32)35-38-33(27-15-11-25(12-16-27)23-7-3-1-4-8-23)34(39-35)28-17-13-26(14-18-28)24-9-5-2-6-10-24/h1-22,37H,36H2,(H,38,39). The Morgan fingerprint density at radius 3 is 1.69 bits per heavy atom. The summed E-state index contributed by atoms with van der Waals surface area (Å²) in [6.07, 6.45) is 2.05. The quantitative estimate of drug-likeness (QED) is 0.237. The molecule has 0 aliphatic heterocycles. The number of fused-ring (bicyclic) bond motifs is 1. The van der Waals surface area contributed by atoms with Crippen LogP contribution < -0.4 is 5.46 Å². The average Bonchev–Trinajstić information content (AvgIpc) is 3.63. The van der Waals surface area contributed by atoms with E-state index in [1.807, 2.05) is 18.3 Å². The fourth-order valence-corrected chi connectivity index (χ4v) is 5.26. The number of H-pyrrole nitrogens is 2. The van der Waals surface area contributed by atoms with Crippen molar-refractivity contribution < 1.29 is 0 Å². The number of hydrogen-bond acceptors (Lipinski definition) is 1. The van der Waals surface area contributed by atoms with Gasteiger partial charge in [-0.05, 0) is 28.3 Å². The normalized spacial score (nSPS) is 11.2. The number of hydrogen-bond donors (Lipinski definition) is 2. The van der Waals surface area contributed by atoms with E-state index in [2.05, 4.69) is 133 Å². The Morgan fingerprint density at radius 2 is 1.08 bits per heavy atom. The number of aromatic amines is 2. The van der Waals surface area contributed by atoms with E-state index >= 15 is 0 Å². The second-order valence-electron chi connectivity index (χ2n) is 9.95. The number of nitrogens with one attached hydrogen (secondary N) is 2. The van der Waals surface area contributed by atoms with Gasteiger partial charge in [0, 0.05) is 33.8 Å². The topological polar surface area (TPSA) is 44.5 Å². The first-order valence-electron chi connectivity index (χ1n) is 13.2. The highest BCUT2D eigenvalue weighted by atomic mass is 14.9. The minimum absolute atomic E-state index is 0.858. The van der Waals surface area contributed by atoms with Crippen molar-refractivity contribution in [1.29, 1.82) is 0 Å². The Balaban J connectivity index is 1.35. The minimum Gasteiger partial charge on any atom is -0.360 e. The summed E-state index contributed by atoms with van der Waals surface area (Å²) < 4.78 is 0. The van der Waals surface area contributed by atoms with E-state index in [9.17, 15) is 0 Å². The van der Waals surface area contributed by atoms with Crippen molar-refractivity contribution in [3.8, 4) is 56.2 Å². The van der Waals surface area contributed by atoms with Gasteiger partial charge < -0.3 is 9.97 Å². The number of benzene rings is 5. The summed E-state index contributed by atoms with van der Waals surface area (Å²) in [6.45, 7) is 0. The molecule has 0 atom stereocenters. The lowest BCUT2D eigenvalue weighted by molar-refractivity contribution is 1.31. The van der Waals surface area contributed by atoms with Crippen LogP contribution in [-0.4, -0.2) is 22.8 Å². The second kappa shape index (κ2) is 9.66. The van der Waals surface area contributed by atoms with Crippen molar-refractivity contribution >= 4 is 24.2 Å². The molecule has 7 rings (SSSR count). The third-order valence-electron chi connectivity index (χ3n) is 7.34. The predicted molar refractivity (Wildman–Crippen MR) is 166 cm³/mol. The van der Waals surface area contributed by atoms with Gasteiger partial charge >= 0.3 is 0 Å². The maximum atomic E-state index is 5.19.